The molecular weight excluding hydrogens is 336 g/mol. The molecule has 3 aromatic rings. The number of benzene rings is 1. The maximum absolute atomic E-state index is 5.44. The Balaban J connectivity index is 1.82. The van der Waals surface area contributed by atoms with Crippen LogP contribution in [0.15, 0.2) is 36.4 Å². The zero-order chi connectivity index (χ0) is 18.8. The minimum atomic E-state index is 0.911. The summed E-state index contributed by atoms with van der Waals surface area (Å²) >= 11 is 0. The van der Waals surface area contributed by atoms with Gasteiger partial charge in [-0.2, -0.15) is 0 Å². The first-order valence-corrected chi connectivity index (χ1v) is 9.72. The number of nitrogens with zero attached hydrogens (tertiary/aromatic N) is 3. The van der Waals surface area contributed by atoms with Crippen molar-refractivity contribution >= 4 is 5.65 Å². The number of methoxy groups -OCH3 is 1. The first-order chi connectivity index (χ1) is 13.2. The second kappa shape index (κ2) is 7.71. The first kappa shape index (κ1) is 18.0. The summed E-state index contributed by atoms with van der Waals surface area (Å²) in [5.74, 6) is 0.916. The minimum Gasteiger partial charge on any atom is -0.496 e. The molecule has 4 rings (SSSR count). The van der Waals surface area contributed by atoms with Gasteiger partial charge in [-0.25, -0.2) is 4.98 Å². The van der Waals surface area contributed by atoms with E-state index in [2.05, 4.69) is 58.8 Å². The van der Waals surface area contributed by atoms with Crippen molar-refractivity contribution < 1.29 is 4.74 Å². The standard InChI is InChI=1S/C22H28N4O/c1-16-14-18(8-9-20(16)27-3)22-19(15-25-12-5-10-23-11-13-25)26-17(2)6-4-7-21(26)24-22/h4,6-9,14,23H,5,10-13,15H2,1-3H3. The molecule has 1 saturated heterocycles. The highest BCUT2D eigenvalue weighted by atomic mass is 16.5. The lowest BCUT2D eigenvalue weighted by molar-refractivity contribution is 0.280. The van der Waals surface area contributed by atoms with Crippen molar-refractivity contribution in [2.45, 2.75) is 26.8 Å². The molecule has 0 spiro atoms. The van der Waals surface area contributed by atoms with Crippen LogP contribution >= 0.6 is 0 Å². The molecule has 1 aliphatic rings. The number of hydrogen-bond acceptors (Lipinski definition) is 4. The Morgan fingerprint density at radius 3 is 2.81 bits per heavy atom. The molecule has 1 aromatic carbocycles. The van der Waals surface area contributed by atoms with Gasteiger partial charge < -0.3 is 10.1 Å². The Kier molecular flexibility index (Phi) is 5.14. The van der Waals surface area contributed by atoms with E-state index in [-0.39, 0.29) is 0 Å². The quantitative estimate of drug-likeness (QED) is 0.770. The average molecular weight is 364 g/mol. The summed E-state index contributed by atoms with van der Waals surface area (Å²) < 4.78 is 7.75. The largest absolute Gasteiger partial charge is 0.496 e. The zero-order valence-corrected chi connectivity index (χ0v) is 16.5. The van der Waals surface area contributed by atoms with Gasteiger partial charge in [-0.1, -0.05) is 6.07 Å². The summed E-state index contributed by atoms with van der Waals surface area (Å²) in [5, 5.41) is 3.49. The van der Waals surface area contributed by atoms with Gasteiger partial charge >= 0.3 is 0 Å². The molecule has 0 atom stereocenters. The topological polar surface area (TPSA) is 41.8 Å². The van der Waals surface area contributed by atoms with Crippen LogP contribution < -0.4 is 10.1 Å². The fraction of sp³-hybridized carbons (Fsp3) is 0.409. The van der Waals surface area contributed by atoms with Crippen LogP contribution in [0.4, 0.5) is 0 Å². The summed E-state index contributed by atoms with van der Waals surface area (Å²) in [6, 6.07) is 12.7. The Labute approximate surface area is 161 Å². The van der Waals surface area contributed by atoms with Crippen molar-refractivity contribution in [3.05, 3.63) is 53.3 Å². The number of fused-ring (bicyclic) bond motifs is 1. The highest BCUT2D eigenvalue weighted by Gasteiger charge is 2.19. The number of imidazole rings is 1. The maximum atomic E-state index is 5.44. The van der Waals surface area contributed by atoms with Gasteiger partial charge in [-0.15, -0.1) is 0 Å². The molecular formula is C22H28N4O. The van der Waals surface area contributed by atoms with Crippen molar-refractivity contribution in [2.24, 2.45) is 0 Å². The summed E-state index contributed by atoms with van der Waals surface area (Å²) in [5.41, 5.74) is 6.87. The first-order valence-electron chi connectivity index (χ1n) is 9.72. The molecule has 0 bridgehead atoms. The molecule has 3 heterocycles. The lowest BCUT2D eigenvalue weighted by Gasteiger charge is -2.20. The predicted molar refractivity (Wildman–Crippen MR) is 109 cm³/mol. The number of hydrogen-bond donors (Lipinski definition) is 1. The highest BCUT2D eigenvalue weighted by molar-refractivity contribution is 5.68. The number of aryl methyl sites for hydroxylation is 2. The smallest absolute Gasteiger partial charge is 0.137 e. The Hall–Kier alpha value is -2.37. The molecule has 5 nitrogen and oxygen atoms in total. The molecule has 0 amide bonds. The summed E-state index contributed by atoms with van der Waals surface area (Å²) in [4.78, 5) is 7.55. The third-order valence-electron chi connectivity index (χ3n) is 5.41. The molecule has 0 unspecified atom stereocenters. The van der Waals surface area contributed by atoms with Gasteiger partial charge in [-0.3, -0.25) is 9.30 Å². The summed E-state index contributed by atoms with van der Waals surface area (Å²) in [7, 11) is 1.72. The lowest BCUT2D eigenvalue weighted by atomic mass is 10.1. The minimum absolute atomic E-state index is 0.911. The third kappa shape index (κ3) is 3.57. The number of ether oxygens (including phenoxy) is 1. The Bertz CT molecular complexity index is 939. The number of nitrogens with one attached hydrogen (secondary N) is 1. The third-order valence-corrected chi connectivity index (χ3v) is 5.41. The number of pyridine rings is 1. The van der Waals surface area contributed by atoms with Gasteiger partial charge in [-0.05, 0) is 69.3 Å². The van der Waals surface area contributed by atoms with Gasteiger partial charge in [0.05, 0.1) is 18.5 Å². The second-order valence-electron chi connectivity index (χ2n) is 7.33. The van der Waals surface area contributed by atoms with Gasteiger partial charge in [0.15, 0.2) is 0 Å². The fourth-order valence-corrected chi connectivity index (χ4v) is 4.00. The SMILES string of the molecule is COc1ccc(-c2nc3cccc(C)n3c2CN2CCCNCC2)cc1C. The summed E-state index contributed by atoms with van der Waals surface area (Å²) in [6.45, 7) is 9.50. The van der Waals surface area contributed by atoms with Crippen LogP contribution in [0, 0.1) is 13.8 Å². The van der Waals surface area contributed by atoms with Crippen LogP contribution in [0.5, 0.6) is 5.75 Å². The zero-order valence-electron chi connectivity index (χ0n) is 16.5. The lowest BCUT2D eigenvalue weighted by Crippen LogP contribution is -2.28. The van der Waals surface area contributed by atoms with E-state index in [4.69, 9.17) is 9.72 Å². The van der Waals surface area contributed by atoms with E-state index in [0.717, 1.165) is 60.9 Å². The molecule has 1 N–H and O–H groups in total. The van der Waals surface area contributed by atoms with Gasteiger partial charge in [0.2, 0.25) is 0 Å². The summed E-state index contributed by atoms with van der Waals surface area (Å²) in [6.07, 6.45) is 1.19. The van der Waals surface area contributed by atoms with E-state index in [1.54, 1.807) is 7.11 Å². The van der Waals surface area contributed by atoms with Crippen molar-refractivity contribution in [1.29, 1.82) is 0 Å². The van der Waals surface area contributed by atoms with Crippen LogP contribution in [0.3, 0.4) is 0 Å². The van der Waals surface area contributed by atoms with Gasteiger partial charge in [0.1, 0.15) is 11.4 Å². The van der Waals surface area contributed by atoms with E-state index in [1.165, 1.54) is 17.8 Å². The van der Waals surface area contributed by atoms with Crippen molar-refractivity contribution in [2.75, 3.05) is 33.3 Å². The molecule has 27 heavy (non-hydrogen) atoms. The van der Waals surface area contributed by atoms with E-state index >= 15 is 0 Å². The van der Waals surface area contributed by atoms with Crippen molar-refractivity contribution in [3.63, 3.8) is 0 Å². The van der Waals surface area contributed by atoms with Crippen LogP contribution in [-0.2, 0) is 6.54 Å². The number of aromatic nitrogens is 2. The molecule has 0 saturated carbocycles. The molecule has 1 aliphatic heterocycles. The van der Waals surface area contributed by atoms with E-state index < -0.39 is 0 Å². The molecule has 1 fully saturated rings. The molecule has 5 heteroatoms. The van der Waals surface area contributed by atoms with E-state index in [1.807, 2.05) is 6.07 Å². The number of rotatable bonds is 4. The monoisotopic (exact) mass is 364 g/mol. The molecule has 2 aromatic heterocycles. The fourth-order valence-electron chi connectivity index (χ4n) is 4.00. The van der Waals surface area contributed by atoms with Gasteiger partial charge in [0.25, 0.3) is 0 Å². The van der Waals surface area contributed by atoms with Crippen LogP contribution in [-0.4, -0.2) is 47.6 Å². The average Bonchev–Trinajstić information content (AvgIpc) is 2.84. The Morgan fingerprint density at radius 1 is 1.11 bits per heavy atom. The second-order valence-corrected chi connectivity index (χ2v) is 7.33. The molecule has 142 valence electrons. The van der Waals surface area contributed by atoms with Gasteiger partial charge in [0, 0.05) is 30.9 Å². The van der Waals surface area contributed by atoms with E-state index in [9.17, 15) is 0 Å². The Morgan fingerprint density at radius 2 is 2.00 bits per heavy atom. The molecule has 0 aliphatic carbocycles. The van der Waals surface area contributed by atoms with Crippen molar-refractivity contribution in [1.82, 2.24) is 19.6 Å². The van der Waals surface area contributed by atoms with E-state index in [0.29, 0.717) is 0 Å². The van der Waals surface area contributed by atoms with Crippen LogP contribution in [0.1, 0.15) is 23.4 Å². The van der Waals surface area contributed by atoms with Crippen molar-refractivity contribution in [3.8, 4) is 17.0 Å². The van der Waals surface area contributed by atoms with Crippen LogP contribution in [0.25, 0.3) is 16.9 Å². The predicted octanol–water partition coefficient (Wildman–Crippen LogP) is 3.42. The highest BCUT2D eigenvalue weighted by Crippen LogP contribution is 2.30. The molecule has 0 radical (unpaired) electrons. The normalized spacial score (nSPS) is 15.8. The van der Waals surface area contributed by atoms with Crippen LogP contribution in [0.2, 0.25) is 0 Å². The maximum Gasteiger partial charge on any atom is 0.137 e.